The number of hydrogen-bond acceptors (Lipinski definition) is 3. The summed E-state index contributed by atoms with van der Waals surface area (Å²) in [5, 5.41) is 15.6. The van der Waals surface area contributed by atoms with E-state index in [4.69, 9.17) is 0 Å². The van der Waals surface area contributed by atoms with Crippen LogP contribution in [-0.2, 0) is 4.79 Å². The third-order valence-electron chi connectivity index (χ3n) is 2.69. The molecule has 0 aliphatic rings. The molecule has 1 rings (SSSR count). The van der Waals surface area contributed by atoms with Crippen LogP contribution in [0.15, 0.2) is 12.1 Å². The van der Waals surface area contributed by atoms with E-state index < -0.39 is 0 Å². The summed E-state index contributed by atoms with van der Waals surface area (Å²) in [6.07, 6.45) is 0.432. The SMILES string of the molecule is CCNCCC(=O)Nc1ccc(C)c(O)c1C. The van der Waals surface area contributed by atoms with Crippen LogP contribution >= 0.6 is 0 Å². The summed E-state index contributed by atoms with van der Waals surface area (Å²) in [4.78, 5) is 11.6. The summed E-state index contributed by atoms with van der Waals surface area (Å²) in [6, 6.07) is 3.61. The average Bonchev–Trinajstić information content (AvgIpc) is 2.30. The van der Waals surface area contributed by atoms with Gasteiger partial charge in [-0.2, -0.15) is 0 Å². The van der Waals surface area contributed by atoms with E-state index in [1.165, 1.54) is 0 Å². The van der Waals surface area contributed by atoms with E-state index >= 15 is 0 Å². The van der Waals surface area contributed by atoms with Crippen molar-refractivity contribution in [3.05, 3.63) is 23.3 Å². The van der Waals surface area contributed by atoms with E-state index in [2.05, 4.69) is 10.6 Å². The average molecular weight is 236 g/mol. The van der Waals surface area contributed by atoms with Crippen LogP contribution in [-0.4, -0.2) is 24.1 Å². The van der Waals surface area contributed by atoms with Crippen LogP contribution in [0.5, 0.6) is 5.75 Å². The number of phenolic OH excluding ortho intramolecular Hbond substituents is 1. The van der Waals surface area contributed by atoms with Crippen LogP contribution in [0.4, 0.5) is 5.69 Å². The van der Waals surface area contributed by atoms with Gasteiger partial charge in [0.25, 0.3) is 0 Å². The normalized spacial score (nSPS) is 10.3. The standard InChI is InChI=1S/C13H20N2O2/c1-4-14-8-7-12(16)15-11-6-5-9(2)13(17)10(11)3/h5-6,14,17H,4,7-8H2,1-3H3,(H,15,16). The first kappa shape index (κ1) is 13.5. The zero-order valence-electron chi connectivity index (χ0n) is 10.6. The molecule has 1 aromatic rings. The number of hydrogen-bond donors (Lipinski definition) is 3. The highest BCUT2D eigenvalue weighted by Crippen LogP contribution is 2.27. The van der Waals surface area contributed by atoms with E-state index in [-0.39, 0.29) is 11.7 Å². The molecule has 0 atom stereocenters. The van der Waals surface area contributed by atoms with Gasteiger partial charge in [-0.3, -0.25) is 4.79 Å². The summed E-state index contributed by atoms with van der Waals surface area (Å²) in [5.41, 5.74) is 2.20. The quantitative estimate of drug-likeness (QED) is 0.685. The van der Waals surface area contributed by atoms with E-state index in [1.54, 1.807) is 13.0 Å². The lowest BCUT2D eigenvalue weighted by Crippen LogP contribution is -2.21. The Balaban J connectivity index is 2.63. The van der Waals surface area contributed by atoms with Gasteiger partial charge < -0.3 is 15.7 Å². The molecule has 0 heterocycles. The van der Waals surface area contributed by atoms with Gasteiger partial charge >= 0.3 is 0 Å². The number of aromatic hydroxyl groups is 1. The zero-order valence-corrected chi connectivity index (χ0v) is 10.6. The molecule has 0 fully saturated rings. The highest BCUT2D eigenvalue weighted by atomic mass is 16.3. The van der Waals surface area contributed by atoms with Crippen LogP contribution in [0, 0.1) is 13.8 Å². The Hall–Kier alpha value is -1.55. The number of phenols is 1. The van der Waals surface area contributed by atoms with E-state index in [0.29, 0.717) is 24.2 Å². The summed E-state index contributed by atoms with van der Waals surface area (Å²) in [6.45, 7) is 7.15. The maximum absolute atomic E-state index is 11.6. The Morgan fingerprint density at radius 2 is 2.06 bits per heavy atom. The van der Waals surface area contributed by atoms with Gasteiger partial charge in [-0.1, -0.05) is 13.0 Å². The molecular weight excluding hydrogens is 216 g/mol. The fourth-order valence-corrected chi connectivity index (χ4v) is 1.56. The first-order valence-corrected chi connectivity index (χ1v) is 5.86. The van der Waals surface area contributed by atoms with Gasteiger partial charge in [0.05, 0.1) is 0 Å². The number of rotatable bonds is 5. The fourth-order valence-electron chi connectivity index (χ4n) is 1.56. The molecule has 0 aliphatic carbocycles. The van der Waals surface area contributed by atoms with Crippen molar-refractivity contribution in [3.8, 4) is 5.75 Å². The molecule has 0 bridgehead atoms. The number of carbonyl (C=O) groups is 1. The second kappa shape index (κ2) is 6.25. The maximum Gasteiger partial charge on any atom is 0.225 e. The molecule has 0 saturated carbocycles. The van der Waals surface area contributed by atoms with E-state index in [0.717, 1.165) is 12.1 Å². The largest absolute Gasteiger partial charge is 0.507 e. The molecule has 0 radical (unpaired) electrons. The fraction of sp³-hybridized carbons (Fsp3) is 0.462. The molecule has 3 N–H and O–H groups in total. The van der Waals surface area contributed by atoms with Crippen molar-refractivity contribution >= 4 is 11.6 Å². The molecule has 94 valence electrons. The Bertz CT molecular complexity index is 403. The maximum atomic E-state index is 11.6. The predicted octanol–water partition coefficient (Wildman–Crippen LogP) is 1.95. The first-order chi connectivity index (χ1) is 8.06. The van der Waals surface area contributed by atoms with Crippen molar-refractivity contribution in [1.82, 2.24) is 5.32 Å². The summed E-state index contributed by atoms with van der Waals surface area (Å²) >= 11 is 0. The van der Waals surface area contributed by atoms with Gasteiger partial charge in [-0.05, 0) is 32.0 Å². The molecule has 0 saturated heterocycles. The Kier molecular flexibility index (Phi) is 4.97. The molecule has 0 spiro atoms. The number of aryl methyl sites for hydroxylation is 1. The van der Waals surface area contributed by atoms with Crippen molar-refractivity contribution in [3.63, 3.8) is 0 Å². The van der Waals surface area contributed by atoms with Gasteiger partial charge in [0, 0.05) is 24.2 Å². The molecule has 1 amide bonds. The van der Waals surface area contributed by atoms with Gasteiger partial charge in [-0.15, -0.1) is 0 Å². The summed E-state index contributed by atoms with van der Waals surface area (Å²) < 4.78 is 0. The number of benzene rings is 1. The second-order valence-corrected chi connectivity index (χ2v) is 4.06. The van der Waals surface area contributed by atoms with Crippen molar-refractivity contribution in [2.45, 2.75) is 27.2 Å². The lowest BCUT2D eigenvalue weighted by atomic mass is 10.1. The predicted molar refractivity (Wildman–Crippen MR) is 69.4 cm³/mol. The van der Waals surface area contributed by atoms with Crippen LogP contribution < -0.4 is 10.6 Å². The lowest BCUT2D eigenvalue weighted by molar-refractivity contribution is -0.116. The zero-order chi connectivity index (χ0) is 12.8. The van der Waals surface area contributed by atoms with Crippen molar-refractivity contribution in [2.75, 3.05) is 18.4 Å². The van der Waals surface area contributed by atoms with Crippen molar-refractivity contribution in [2.24, 2.45) is 0 Å². The van der Waals surface area contributed by atoms with Crippen molar-refractivity contribution in [1.29, 1.82) is 0 Å². The van der Waals surface area contributed by atoms with Crippen LogP contribution in [0.1, 0.15) is 24.5 Å². The highest BCUT2D eigenvalue weighted by Gasteiger charge is 2.08. The smallest absolute Gasteiger partial charge is 0.225 e. The first-order valence-electron chi connectivity index (χ1n) is 5.86. The van der Waals surface area contributed by atoms with E-state index in [1.807, 2.05) is 19.9 Å². The monoisotopic (exact) mass is 236 g/mol. The molecule has 1 aromatic carbocycles. The molecule has 17 heavy (non-hydrogen) atoms. The number of anilines is 1. The molecular formula is C13H20N2O2. The molecule has 0 unspecified atom stereocenters. The van der Waals surface area contributed by atoms with Gasteiger partial charge in [0.2, 0.25) is 5.91 Å². The second-order valence-electron chi connectivity index (χ2n) is 4.06. The Morgan fingerprint density at radius 1 is 1.35 bits per heavy atom. The number of carbonyl (C=O) groups excluding carboxylic acids is 1. The lowest BCUT2D eigenvalue weighted by Gasteiger charge is -2.11. The third kappa shape index (κ3) is 3.75. The number of nitrogens with one attached hydrogen (secondary N) is 2. The third-order valence-corrected chi connectivity index (χ3v) is 2.69. The number of amides is 1. The highest BCUT2D eigenvalue weighted by molar-refractivity contribution is 5.92. The Labute approximate surface area is 102 Å². The van der Waals surface area contributed by atoms with Crippen LogP contribution in [0.2, 0.25) is 0 Å². The van der Waals surface area contributed by atoms with E-state index in [9.17, 15) is 9.90 Å². The Morgan fingerprint density at radius 3 is 2.71 bits per heavy atom. The van der Waals surface area contributed by atoms with Crippen LogP contribution in [0.25, 0.3) is 0 Å². The van der Waals surface area contributed by atoms with Gasteiger partial charge in [-0.25, -0.2) is 0 Å². The van der Waals surface area contributed by atoms with Crippen molar-refractivity contribution < 1.29 is 9.90 Å². The van der Waals surface area contributed by atoms with Gasteiger partial charge in [0.1, 0.15) is 5.75 Å². The minimum absolute atomic E-state index is 0.0442. The minimum Gasteiger partial charge on any atom is -0.507 e. The van der Waals surface area contributed by atoms with Gasteiger partial charge in [0.15, 0.2) is 0 Å². The molecule has 0 aliphatic heterocycles. The molecule has 4 nitrogen and oxygen atoms in total. The minimum atomic E-state index is -0.0442. The summed E-state index contributed by atoms with van der Waals surface area (Å²) in [7, 11) is 0. The molecule has 0 aromatic heterocycles. The summed E-state index contributed by atoms with van der Waals surface area (Å²) in [5.74, 6) is 0.201. The van der Waals surface area contributed by atoms with Crippen LogP contribution in [0.3, 0.4) is 0 Å². The topological polar surface area (TPSA) is 61.4 Å². The molecule has 4 heteroatoms.